The Hall–Kier alpha value is -3.43. The zero-order chi connectivity index (χ0) is 21.4. The number of esters is 1. The zero-order valence-electron chi connectivity index (χ0n) is 15.4. The number of para-hydroxylation sites is 2. The van der Waals surface area contributed by atoms with Gasteiger partial charge in [0.1, 0.15) is 6.61 Å². The lowest BCUT2D eigenvalue weighted by Gasteiger charge is -2.12. The van der Waals surface area contributed by atoms with Crippen LogP contribution in [0.15, 0.2) is 42.5 Å². The first-order valence-electron chi connectivity index (χ1n) is 8.38. The number of ether oxygens (including phenoxy) is 3. The van der Waals surface area contributed by atoms with Gasteiger partial charge in [-0.15, -0.1) is 0 Å². The maximum Gasteiger partial charge on any atom is 0.416 e. The van der Waals surface area contributed by atoms with Gasteiger partial charge in [0.2, 0.25) is 0 Å². The summed E-state index contributed by atoms with van der Waals surface area (Å²) in [5, 5.41) is 2.48. The van der Waals surface area contributed by atoms with Crippen molar-refractivity contribution in [2.75, 3.05) is 32.6 Å². The molecule has 2 rings (SSSR count). The molecular weight excluding hydrogens is 393 g/mol. The van der Waals surface area contributed by atoms with Crippen molar-refractivity contribution >= 4 is 17.6 Å². The molecule has 0 radical (unpaired) electrons. The summed E-state index contributed by atoms with van der Waals surface area (Å²) in [6.07, 6.45) is -4.58. The molecule has 3 N–H and O–H groups in total. The number of amides is 1. The number of rotatable bonds is 8. The van der Waals surface area contributed by atoms with E-state index in [0.717, 1.165) is 6.07 Å². The molecule has 0 aliphatic carbocycles. The van der Waals surface area contributed by atoms with Gasteiger partial charge in [-0.25, -0.2) is 4.79 Å². The number of alkyl halides is 3. The van der Waals surface area contributed by atoms with Crippen LogP contribution in [0.2, 0.25) is 0 Å². The van der Waals surface area contributed by atoms with E-state index in [0.29, 0.717) is 23.6 Å². The summed E-state index contributed by atoms with van der Waals surface area (Å²) in [5.74, 6) is -0.556. The molecule has 0 bridgehead atoms. The molecule has 0 unspecified atom stereocenters. The molecule has 2 aromatic carbocycles. The highest BCUT2D eigenvalue weighted by molar-refractivity contribution is 5.96. The Balaban J connectivity index is 1.77. The fraction of sp³-hybridized carbons (Fsp3) is 0.263. The highest BCUT2D eigenvalue weighted by Crippen LogP contribution is 2.31. The molecular formula is C19H19F3N2O5. The van der Waals surface area contributed by atoms with Crippen LogP contribution in [0.5, 0.6) is 11.5 Å². The van der Waals surface area contributed by atoms with Crippen molar-refractivity contribution < 1.29 is 37.0 Å². The van der Waals surface area contributed by atoms with E-state index in [4.69, 9.17) is 19.9 Å². The molecule has 29 heavy (non-hydrogen) atoms. The normalized spacial score (nSPS) is 10.9. The van der Waals surface area contributed by atoms with E-state index in [-0.39, 0.29) is 18.7 Å². The van der Waals surface area contributed by atoms with Gasteiger partial charge in [0.05, 0.1) is 24.8 Å². The SMILES string of the molecule is COc1ccccc1OCCNC(=O)COC(=O)c1ccc(C(F)(F)F)cc1N. The monoisotopic (exact) mass is 412 g/mol. The number of nitrogens with one attached hydrogen (secondary N) is 1. The van der Waals surface area contributed by atoms with Crippen molar-refractivity contribution in [3.8, 4) is 11.5 Å². The number of halogens is 3. The van der Waals surface area contributed by atoms with E-state index >= 15 is 0 Å². The number of carbonyl (C=O) groups excluding carboxylic acids is 2. The molecule has 10 heteroatoms. The number of nitrogens with two attached hydrogens (primary N) is 1. The molecule has 2 aromatic rings. The first kappa shape index (κ1) is 21.9. The molecule has 0 atom stereocenters. The molecule has 0 aromatic heterocycles. The van der Waals surface area contributed by atoms with E-state index in [1.54, 1.807) is 24.3 Å². The number of nitrogen functional groups attached to an aromatic ring is 1. The number of hydrogen-bond donors (Lipinski definition) is 2. The van der Waals surface area contributed by atoms with Crippen LogP contribution in [0.1, 0.15) is 15.9 Å². The van der Waals surface area contributed by atoms with Crippen molar-refractivity contribution in [1.29, 1.82) is 0 Å². The third kappa shape index (κ3) is 6.30. The maximum atomic E-state index is 12.6. The predicted molar refractivity (Wildman–Crippen MR) is 97.6 cm³/mol. The van der Waals surface area contributed by atoms with Gasteiger partial charge in [0, 0.05) is 5.69 Å². The fourth-order valence-corrected chi connectivity index (χ4v) is 2.27. The lowest BCUT2D eigenvalue weighted by Crippen LogP contribution is -2.32. The van der Waals surface area contributed by atoms with Crippen molar-refractivity contribution in [3.63, 3.8) is 0 Å². The fourth-order valence-electron chi connectivity index (χ4n) is 2.27. The Labute approximate surface area is 164 Å². The average Bonchev–Trinajstić information content (AvgIpc) is 2.68. The highest BCUT2D eigenvalue weighted by atomic mass is 19.4. The Bertz CT molecular complexity index is 871. The minimum atomic E-state index is -4.58. The predicted octanol–water partition coefficient (Wildman–Crippen LogP) is 2.65. The van der Waals surface area contributed by atoms with E-state index in [2.05, 4.69) is 5.32 Å². The number of methoxy groups -OCH3 is 1. The third-order valence-electron chi connectivity index (χ3n) is 3.68. The van der Waals surface area contributed by atoms with E-state index in [9.17, 15) is 22.8 Å². The second-order valence-corrected chi connectivity index (χ2v) is 5.73. The number of carbonyl (C=O) groups is 2. The van der Waals surface area contributed by atoms with Crippen molar-refractivity contribution in [1.82, 2.24) is 5.32 Å². The van der Waals surface area contributed by atoms with Gasteiger partial charge in [-0.1, -0.05) is 12.1 Å². The van der Waals surface area contributed by atoms with Crippen molar-refractivity contribution in [3.05, 3.63) is 53.6 Å². The van der Waals surface area contributed by atoms with Gasteiger partial charge in [-0.2, -0.15) is 13.2 Å². The number of hydrogen-bond acceptors (Lipinski definition) is 6. The van der Waals surface area contributed by atoms with Gasteiger partial charge in [-0.05, 0) is 30.3 Å². The molecule has 0 saturated heterocycles. The first-order chi connectivity index (χ1) is 13.7. The minimum Gasteiger partial charge on any atom is -0.493 e. The summed E-state index contributed by atoms with van der Waals surface area (Å²) in [6, 6.07) is 9.22. The average molecular weight is 412 g/mol. The summed E-state index contributed by atoms with van der Waals surface area (Å²) in [5.41, 5.74) is 3.84. The van der Waals surface area contributed by atoms with Crippen LogP contribution in [0.3, 0.4) is 0 Å². The molecule has 0 aliphatic heterocycles. The van der Waals surface area contributed by atoms with Gasteiger partial charge in [0.15, 0.2) is 18.1 Å². The standard InChI is InChI=1S/C19H19F3N2O5/c1-27-15-4-2-3-5-16(15)28-9-8-24-17(25)11-29-18(26)13-7-6-12(10-14(13)23)19(20,21)22/h2-7,10H,8-9,11,23H2,1H3,(H,24,25). The van der Waals surface area contributed by atoms with Crippen LogP contribution in [-0.4, -0.2) is 38.7 Å². The lowest BCUT2D eigenvalue weighted by atomic mass is 10.1. The van der Waals surface area contributed by atoms with Crippen molar-refractivity contribution in [2.45, 2.75) is 6.18 Å². The smallest absolute Gasteiger partial charge is 0.416 e. The second-order valence-electron chi connectivity index (χ2n) is 5.73. The van der Waals surface area contributed by atoms with Crippen LogP contribution >= 0.6 is 0 Å². The number of benzene rings is 2. The van der Waals surface area contributed by atoms with Gasteiger partial charge >= 0.3 is 12.1 Å². The first-order valence-corrected chi connectivity index (χ1v) is 8.38. The topological polar surface area (TPSA) is 99.9 Å². The molecule has 1 amide bonds. The zero-order valence-corrected chi connectivity index (χ0v) is 15.4. The van der Waals surface area contributed by atoms with Gasteiger partial charge < -0.3 is 25.3 Å². The molecule has 7 nitrogen and oxygen atoms in total. The minimum absolute atomic E-state index is 0.136. The van der Waals surface area contributed by atoms with E-state index in [1.807, 2.05) is 0 Å². The van der Waals surface area contributed by atoms with Crippen LogP contribution in [0.25, 0.3) is 0 Å². The van der Waals surface area contributed by atoms with Crippen LogP contribution in [0, 0.1) is 0 Å². The summed E-state index contributed by atoms with van der Waals surface area (Å²) in [4.78, 5) is 23.6. The summed E-state index contributed by atoms with van der Waals surface area (Å²) >= 11 is 0. The molecule has 0 saturated carbocycles. The molecule has 0 fully saturated rings. The quantitative estimate of drug-likeness (QED) is 0.393. The van der Waals surface area contributed by atoms with E-state index < -0.39 is 35.9 Å². The van der Waals surface area contributed by atoms with Crippen molar-refractivity contribution in [2.24, 2.45) is 0 Å². The Morgan fingerprint density at radius 3 is 2.41 bits per heavy atom. The van der Waals surface area contributed by atoms with Crippen LogP contribution in [-0.2, 0) is 15.7 Å². The lowest BCUT2D eigenvalue weighted by molar-refractivity contribution is -0.137. The maximum absolute atomic E-state index is 12.6. The molecule has 0 aliphatic rings. The Morgan fingerprint density at radius 2 is 1.79 bits per heavy atom. The molecule has 0 spiro atoms. The highest BCUT2D eigenvalue weighted by Gasteiger charge is 2.31. The van der Waals surface area contributed by atoms with Gasteiger partial charge in [0.25, 0.3) is 5.91 Å². The summed E-state index contributed by atoms with van der Waals surface area (Å²) in [7, 11) is 1.50. The summed E-state index contributed by atoms with van der Waals surface area (Å²) < 4.78 is 53.2. The largest absolute Gasteiger partial charge is 0.493 e. The second kappa shape index (κ2) is 9.67. The Kier molecular flexibility index (Phi) is 7.29. The Morgan fingerprint density at radius 1 is 1.10 bits per heavy atom. The van der Waals surface area contributed by atoms with Crippen LogP contribution < -0.4 is 20.5 Å². The summed E-state index contributed by atoms with van der Waals surface area (Å²) in [6.45, 7) is -0.337. The third-order valence-corrected chi connectivity index (χ3v) is 3.68. The van der Waals surface area contributed by atoms with Gasteiger partial charge in [-0.3, -0.25) is 4.79 Å². The molecule has 156 valence electrons. The van der Waals surface area contributed by atoms with E-state index in [1.165, 1.54) is 7.11 Å². The van der Waals surface area contributed by atoms with Crippen LogP contribution in [0.4, 0.5) is 18.9 Å². The number of anilines is 1. The molecule has 0 heterocycles.